The fourth-order valence-electron chi connectivity index (χ4n) is 8.19. The van der Waals surface area contributed by atoms with Crippen molar-refractivity contribution < 1.29 is 28.6 Å². The van der Waals surface area contributed by atoms with Crippen LogP contribution >= 0.6 is 0 Å². The van der Waals surface area contributed by atoms with E-state index < -0.39 is 12.1 Å². The van der Waals surface area contributed by atoms with Gasteiger partial charge in [0.1, 0.15) is 13.2 Å². The van der Waals surface area contributed by atoms with Crippen molar-refractivity contribution in [2.75, 3.05) is 13.2 Å². The number of unbranched alkanes of at least 4 members (excludes halogenated alkanes) is 15. The Hall–Kier alpha value is -5.49. The Morgan fingerprint density at radius 1 is 0.247 bits per heavy atom. The molecule has 0 rings (SSSR count). The maximum atomic E-state index is 12.9. The molecular formula is C75H116O6. The summed E-state index contributed by atoms with van der Waals surface area (Å²) >= 11 is 0. The second-order valence-electron chi connectivity index (χ2n) is 20.5. The van der Waals surface area contributed by atoms with E-state index in [-0.39, 0.29) is 31.6 Å². The lowest BCUT2D eigenvalue weighted by Gasteiger charge is -2.18. The van der Waals surface area contributed by atoms with Crippen molar-refractivity contribution >= 4 is 17.9 Å². The van der Waals surface area contributed by atoms with Crippen LogP contribution in [0, 0.1) is 0 Å². The van der Waals surface area contributed by atoms with Gasteiger partial charge in [-0.3, -0.25) is 14.4 Å². The van der Waals surface area contributed by atoms with E-state index in [1.54, 1.807) is 0 Å². The van der Waals surface area contributed by atoms with Gasteiger partial charge in [0.2, 0.25) is 0 Å². The molecule has 81 heavy (non-hydrogen) atoms. The molecule has 0 radical (unpaired) electrons. The zero-order chi connectivity index (χ0) is 58.5. The largest absolute Gasteiger partial charge is 0.462 e. The fourth-order valence-corrected chi connectivity index (χ4v) is 8.19. The second-order valence-corrected chi connectivity index (χ2v) is 20.5. The highest BCUT2D eigenvalue weighted by atomic mass is 16.6. The Morgan fingerprint density at radius 2 is 0.469 bits per heavy atom. The van der Waals surface area contributed by atoms with Crippen LogP contribution in [-0.2, 0) is 28.6 Å². The first kappa shape index (κ1) is 75.5. The van der Waals surface area contributed by atoms with Gasteiger partial charge < -0.3 is 14.2 Å². The van der Waals surface area contributed by atoms with Gasteiger partial charge in [0, 0.05) is 19.3 Å². The van der Waals surface area contributed by atoms with E-state index in [1.165, 1.54) is 57.8 Å². The molecule has 0 saturated heterocycles. The van der Waals surface area contributed by atoms with Crippen molar-refractivity contribution in [2.24, 2.45) is 0 Å². The molecule has 0 aromatic heterocycles. The van der Waals surface area contributed by atoms with E-state index in [4.69, 9.17) is 14.2 Å². The average Bonchev–Trinajstić information content (AvgIpc) is 3.47. The molecule has 0 saturated carbocycles. The Balaban J connectivity index is 4.51. The molecule has 0 fully saturated rings. The van der Waals surface area contributed by atoms with Crippen molar-refractivity contribution in [2.45, 2.75) is 258 Å². The van der Waals surface area contributed by atoms with Crippen molar-refractivity contribution in [1.82, 2.24) is 0 Å². The third kappa shape index (κ3) is 65.2. The molecule has 0 heterocycles. The zero-order valence-electron chi connectivity index (χ0n) is 51.7. The Bertz CT molecular complexity index is 1900. The van der Waals surface area contributed by atoms with Gasteiger partial charge >= 0.3 is 17.9 Å². The number of hydrogen-bond donors (Lipinski definition) is 0. The number of rotatable bonds is 56. The lowest BCUT2D eigenvalue weighted by atomic mass is 10.1. The first-order valence-electron chi connectivity index (χ1n) is 32.3. The number of allylic oxidation sites excluding steroid dienone is 30. The number of hydrogen-bond acceptors (Lipinski definition) is 6. The van der Waals surface area contributed by atoms with Gasteiger partial charge in [-0.2, -0.15) is 0 Å². The molecule has 0 aliphatic rings. The van der Waals surface area contributed by atoms with Crippen molar-refractivity contribution in [3.63, 3.8) is 0 Å². The van der Waals surface area contributed by atoms with Crippen LogP contribution in [0.5, 0.6) is 0 Å². The molecule has 6 nitrogen and oxygen atoms in total. The summed E-state index contributed by atoms with van der Waals surface area (Å²) in [5.41, 5.74) is 0. The molecule has 0 aliphatic heterocycles. The molecule has 452 valence electrons. The minimum absolute atomic E-state index is 0.125. The van der Waals surface area contributed by atoms with Crippen LogP contribution in [-0.4, -0.2) is 37.2 Å². The van der Waals surface area contributed by atoms with Gasteiger partial charge in [0.25, 0.3) is 0 Å². The predicted octanol–water partition coefficient (Wildman–Crippen LogP) is 22.4. The Kier molecular flexibility index (Phi) is 62.5. The number of carbonyl (C=O) groups is 3. The van der Waals surface area contributed by atoms with E-state index in [2.05, 4.69) is 191 Å². The summed E-state index contributed by atoms with van der Waals surface area (Å²) in [5.74, 6) is -1.03. The molecule has 0 aromatic carbocycles. The maximum Gasteiger partial charge on any atom is 0.306 e. The molecule has 1 atom stereocenters. The van der Waals surface area contributed by atoms with Gasteiger partial charge in [0.05, 0.1) is 0 Å². The molecule has 0 N–H and O–H groups in total. The first-order chi connectivity index (χ1) is 40.0. The Morgan fingerprint density at radius 3 is 0.741 bits per heavy atom. The van der Waals surface area contributed by atoms with Crippen molar-refractivity contribution in [3.8, 4) is 0 Å². The summed E-state index contributed by atoms with van der Waals surface area (Å²) in [4.78, 5) is 38.3. The minimum atomic E-state index is -0.839. The summed E-state index contributed by atoms with van der Waals surface area (Å²) in [6, 6.07) is 0. The highest BCUT2D eigenvalue weighted by Gasteiger charge is 2.19. The third-order valence-electron chi connectivity index (χ3n) is 12.9. The summed E-state index contributed by atoms with van der Waals surface area (Å²) in [7, 11) is 0. The van der Waals surface area contributed by atoms with Crippen LogP contribution in [0.3, 0.4) is 0 Å². The van der Waals surface area contributed by atoms with Crippen LogP contribution in [0.15, 0.2) is 182 Å². The smallest absolute Gasteiger partial charge is 0.306 e. The lowest BCUT2D eigenvalue weighted by Crippen LogP contribution is -2.30. The normalized spacial score (nSPS) is 13.4. The number of esters is 3. The quantitative estimate of drug-likeness (QED) is 0.0261. The first-order valence-corrected chi connectivity index (χ1v) is 32.3. The monoisotopic (exact) mass is 1110 g/mol. The molecule has 0 aromatic rings. The van der Waals surface area contributed by atoms with E-state index >= 15 is 0 Å². The molecule has 0 spiro atoms. The Labute approximate surface area is 497 Å². The molecular weight excluding hydrogens is 997 g/mol. The predicted molar refractivity (Wildman–Crippen MR) is 352 cm³/mol. The highest BCUT2D eigenvalue weighted by Crippen LogP contribution is 2.14. The number of ether oxygens (including phenoxy) is 3. The third-order valence-corrected chi connectivity index (χ3v) is 12.9. The minimum Gasteiger partial charge on any atom is -0.462 e. The van der Waals surface area contributed by atoms with Crippen molar-refractivity contribution in [3.05, 3.63) is 182 Å². The summed E-state index contributed by atoms with van der Waals surface area (Å²) in [6.07, 6.45) is 100. The van der Waals surface area contributed by atoms with Crippen LogP contribution in [0.1, 0.15) is 252 Å². The van der Waals surface area contributed by atoms with Gasteiger partial charge in [-0.15, -0.1) is 0 Å². The van der Waals surface area contributed by atoms with Crippen LogP contribution in [0.4, 0.5) is 0 Å². The molecule has 0 bridgehead atoms. The van der Waals surface area contributed by atoms with E-state index in [1.807, 2.05) is 12.2 Å². The summed E-state index contributed by atoms with van der Waals surface area (Å²) in [5, 5.41) is 0. The van der Waals surface area contributed by atoms with E-state index in [9.17, 15) is 14.4 Å². The second kappa shape index (κ2) is 67.0. The van der Waals surface area contributed by atoms with Gasteiger partial charge in [0.15, 0.2) is 6.10 Å². The number of carbonyl (C=O) groups excluding carboxylic acids is 3. The van der Waals surface area contributed by atoms with Gasteiger partial charge in [-0.25, -0.2) is 0 Å². The molecule has 0 amide bonds. The molecule has 6 heteroatoms. The molecule has 0 aliphatic carbocycles. The van der Waals surface area contributed by atoms with Crippen LogP contribution in [0.2, 0.25) is 0 Å². The summed E-state index contributed by atoms with van der Waals surface area (Å²) in [6.45, 7) is 6.22. The average molecular weight is 1110 g/mol. The van der Waals surface area contributed by atoms with Gasteiger partial charge in [-0.1, -0.05) is 274 Å². The van der Waals surface area contributed by atoms with E-state index in [0.717, 1.165) is 148 Å². The molecule has 1 unspecified atom stereocenters. The zero-order valence-corrected chi connectivity index (χ0v) is 51.7. The van der Waals surface area contributed by atoms with Crippen molar-refractivity contribution in [1.29, 1.82) is 0 Å². The highest BCUT2D eigenvalue weighted by molar-refractivity contribution is 5.71. The van der Waals surface area contributed by atoms with Gasteiger partial charge in [-0.05, 0) is 141 Å². The topological polar surface area (TPSA) is 78.9 Å². The fraction of sp³-hybridized carbons (Fsp3) is 0.560. The summed E-state index contributed by atoms with van der Waals surface area (Å²) < 4.78 is 16.8. The van der Waals surface area contributed by atoms with Crippen LogP contribution < -0.4 is 0 Å². The van der Waals surface area contributed by atoms with E-state index in [0.29, 0.717) is 19.3 Å². The SMILES string of the molecule is CC/C=C\C/C=C\C/C=C\C/C=C\C/C=C\C/C=C\CCCCCCCCCCC(=O)OCC(COC(=O)CCCCCCCCC/C=C\C/C=C\C/C=C\CC)OC(=O)CC/C=C\C/C=C\C/C=C\C/C=C\C/C=C\C/C=C\CC. The maximum absolute atomic E-state index is 12.9. The lowest BCUT2D eigenvalue weighted by molar-refractivity contribution is -0.166. The van der Waals surface area contributed by atoms with Crippen LogP contribution in [0.25, 0.3) is 0 Å². The standard InChI is InChI=1S/C75H116O6/c1-4-7-10-13-16-19-22-25-28-31-33-34-35-36-37-38-39-40-42-44-47-50-53-56-59-62-65-68-74(77)80-71-72(70-79-73(76)67-64-61-58-55-52-49-46-43-30-27-24-21-18-15-12-9-6-3)81-75(78)69-66-63-60-57-54-51-48-45-41-32-29-26-23-20-17-14-11-8-5-2/h7-12,16-21,25-30,33-34,36-37,39-41,45,51,54,60,63,72H,4-6,13-15,22-24,31-32,35,38,42-44,46-50,52-53,55-59,61-62,64-71H2,1-3H3/b10-7-,11-8-,12-9-,19-16-,20-17-,21-18-,28-25-,29-26-,30-27-,34-33-,37-36-,40-39-,45-41-,54-51-,63-60-.